The highest BCUT2D eigenvalue weighted by Crippen LogP contribution is 2.48. The van der Waals surface area contributed by atoms with Crippen LogP contribution < -0.4 is 0 Å². The number of imide groups is 3. The summed E-state index contributed by atoms with van der Waals surface area (Å²) in [7, 11) is 1.09. The number of aliphatic hydroxyl groups is 2. The molecule has 3 N–H and O–H groups in total. The number of aromatic hydroxyl groups is 1. The van der Waals surface area contributed by atoms with Gasteiger partial charge in [-0.05, 0) is 54.9 Å². The molecule has 0 saturated carbocycles. The highest BCUT2D eigenvalue weighted by molar-refractivity contribution is 6.16. The van der Waals surface area contributed by atoms with Crippen LogP contribution in [-0.2, 0) is 14.3 Å². The van der Waals surface area contributed by atoms with Crippen molar-refractivity contribution in [1.82, 2.24) is 4.90 Å². The van der Waals surface area contributed by atoms with Gasteiger partial charge in [0.25, 0.3) is 0 Å². The van der Waals surface area contributed by atoms with Crippen molar-refractivity contribution >= 4 is 24.0 Å². The van der Waals surface area contributed by atoms with E-state index in [9.17, 15) is 34.1 Å². The van der Waals surface area contributed by atoms with Crippen molar-refractivity contribution in [2.75, 3.05) is 13.7 Å². The quantitative estimate of drug-likeness (QED) is 0.364. The number of amides is 3. The summed E-state index contributed by atoms with van der Waals surface area (Å²) in [5.74, 6) is -5.10. The second kappa shape index (κ2) is 11.3. The molecule has 0 unspecified atom stereocenters. The maximum atomic E-state index is 13.7. The third kappa shape index (κ3) is 5.22. The van der Waals surface area contributed by atoms with Gasteiger partial charge < -0.3 is 20.1 Å². The Labute approximate surface area is 210 Å². The monoisotopic (exact) mass is 503 g/mol. The second-order valence-corrected chi connectivity index (χ2v) is 9.66. The molecule has 196 valence electrons. The van der Waals surface area contributed by atoms with E-state index in [-0.39, 0.29) is 12.3 Å². The van der Waals surface area contributed by atoms with Gasteiger partial charge in [0.2, 0.25) is 11.8 Å². The molecule has 2 aliphatic rings. The molecule has 0 radical (unpaired) electrons. The molecule has 8 nitrogen and oxygen atoms in total. The smallest absolute Gasteiger partial charge is 0.423 e. The molecule has 9 heteroatoms. The molecule has 1 fully saturated rings. The van der Waals surface area contributed by atoms with E-state index in [0.717, 1.165) is 18.3 Å². The Morgan fingerprint density at radius 1 is 1.28 bits per heavy atom. The van der Waals surface area contributed by atoms with Crippen LogP contribution >= 0.6 is 0 Å². The Kier molecular flexibility index (Phi) is 8.68. The molecule has 0 spiro atoms. The number of fused-ring (bicyclic) bond motifs is 1. The first-order valence-electron chi connectivity index (χ1n) is 12.2. The van der Waals surface area contributed by atoms with Crippen LogP contribution in [0, 0.1) is 29.5 Å². The average Bonchev–Trinajstić information content (AvgIpc) is 3.11. The van der Waals surface area contributed by atoms with Gasteiger partial charge in [-0.2, -0.15) is 4.90 Å². The molecular weight excluding hydrogens is 469 g/mol. The highest BCUT2D eigenvalue weighted by atomic mass is 19.1. The number of rotatable bonds is 8. The summed E-state index contributed by atoms with van der Waals surface area (Å²) in [6, 6.07) is 4.12. The van der Waals surface area contributed by atoms with Crippen LogP contribution in [0.15, 0.2) is 34.9 Å². The Bertz CT molecular complexity index is 1090. The molecule has 1 saturated heterocycles. The van der Waals surface area contributed by atoms with Crippen molar-refractivity contribution < 1.29 is 38.8 Å². The van der Waals surface area contributed by atoms with E-state index in [4.69, 9.17) is 0 Å². The minimum Gasteiger partial charge on any atom is -0.505 e. The summed E-state index contributed by atoms with van der Waals surface area (Å²) >= 11 is 0. The summed E-state index contributed by atoms with van der Waals surface area (Å²) in [5, 5.41) is 31.0. The van der Waals surface area contributed by atoms with Crippen molar-refractivity contribution in [1.29, 1.82) is 0 Å². The molecule has 1 aliphatic carbocycles. The van der Waals surface area contributed by atoms with Crippen LogP contribution in [0.3, 0.4) is 0 Å². The van der Waals surface area contributed by atoms with Crippen LogP contribution in [0.2, 0.25) is 0 Å². The van der Waals surface area contributed by atoms with E-state index in [1.54, 1.807) is 12.1 Å². The molecule has 1 aromatic carbocycles. The topological polar surface area (TPSA) is 124 Å². The minimum absolute atomic E-state index is 0.0547. The number of likely N-dealkylation sites (tertiary alicyclic amines) is 1. The maximum Gasteiger partial charge on any atom is 0.423 e. The van der Waals surface area contributed by atoms with Gasteiger partial charge in [-0.1, -0.05) is 44.1 Å². The lowest BCUT2D eigenvalue weighted by Gasteiger charge is -2.38. The highest BCUT2D eigenvalue weighted by Gasteiger charge is 2.57. The number of carbonyl (C=O) groups excluding carboxylic acids is 3. The van der Waals surface area contributed by atoms with E-state index >= 15 is 0 Å². The average molecular weight is 504 g/mol. The summed E-state index contributed by atoms with van der Waals surface area (Å²) in [4.78, 5) is 38.6. The van der Waals surface area contributed by atoms with Gasteiger partial charge in [0.15, 0.2) is 11.6 Å². The van der Waals surface area contributed by atoms with Crippen molar-refractivity contribution in [3.05, 3.63) is 46.3 Å². The molecule has 3 amide bonds. The van der Waals surface area contributed by atoms with Crippen molar-refractivity contribution in [3.8, 4) is 5.75 Å². The number of ether oxygens (including phenoxy) is 1. The lowest BCUT2D eigenvalue weighted by atomic mass is 9.66. The van der Waals surface area contributed by atoms with Crippen molar-refractivity contribution in [3.63, 3.8) is 0 Å². The summed E-state index contributed by atoms with van der Waals surface area (Å²) in [6.45, 7) is 5.33. The molecule has 4 atom stereocenters. The molecular formula is C27H34FNO7. The van der Waals surface area contributed by atoms with Crippen molar-refractivity contribution in [2.45, 2.75) is 52.6 Å². The third-order valence-electron chi connectivity index (χ3n) is 7.27. The summed E-state index contributed by atoms with van der Waals surface area (Å²) < 4.78 is 18.3. The van der Waals surface area contributed by atoms with E-state index in [1.165, 1.54) is 12.1 Å². The fourth-order valence-electron chi connectivity index (χ4n) is 5.39. The zero-order valence-corrected chi connectivity index (χ0v) is 21.0. The lowest BCUT2D eigenvalue weighted by Crippen LogP contribution is -2.40. The van der Waals surface area contributed by atoms with E-state index < -0.39 is 59.9 Å². The van der Waals surface area contributed by atoms with Gasteiger partial charge in [0.1, 0.15) is 0 Å². The van der Waals surface area contributed by atoms with Crippen LogP contribution in [-0.4, -0.2) is 57.9 Å². The summed E-state index contributed by atoms with van der Waals surface area (Å²) in [6.07, 6.45) is 1.41. The van der Waals surface area contributed by atoms with E-state index in [0.29, 0.717) is 35.3 Å². The predicted octanol–water partition coefficient (Wildman–Crippen LogP) is 3.80. The van der Waals surface area contributed by atoms with Gasteiger partial charge in [-0.25, -0.2) is 9.18 Å². The predicted molar refractivity (Wildman–Crippen MR) is 130 cm³/mol. The molecule has 1 heterocycles. The molecule has 1 aliphatic heterocycles. The molecule has 1 aromatic rings. The van der Waals surface area contributed by atoms with Gasteiger partial charge in [0, 0.05) is 5.92 Å². The molecule has 0 bridgehead atoms. The Balaban J connectivity index is 1.88. The van der Waals surface area contributed by atoms with Crippen LogP contribution in [0.1, 0.15) is 52.0 Å². The Morgan fingerprint density at radius 2 is 1.97 bits per heavy atom. The number of benzene rings is 1. The number of allylic oxidation sites excluding steroid dienone is 2. The second-order valence-electron chi connectivity index (χ2n) is 9.66. The zero-order chi connectivity index (χ0) is 26.7. The van der Waals surface area contributed by atoms with Gasteiger partial charge in [0.05, 0.1) is 31.7 Å². The molecule has 0 aromatic heterocycles. The zero-order valence-electron chi connectivity index (χ0n) is 21.0. The Hall–Kier alpha value is -3.04. The van der Waals surface area contributed by atoms with Crippen LogP contribution in [0.5, 0.6) is 5.75 Å². The van der Waals surface area contributed by atoms with Crippen LogP contribution in [0.25, 0.3) is 6.08 Å². The van der Waals surface area contributed by atoms with Gasteiger partial charge in [-0.15, -0.1) is 0 Å². The fraction of sp³-hybridized carbons (Fsp3) is 0.519. The van der Waals surface area contributed by atoms with E-state index in [1.807, 2.05) is 20.8 Å². The number of hydrogen-bond acceptors (Lipinski definition) is 7. The standard InChI is InChI=1S/C27H34FNO7/c1-5-15(10-16-7-8-21(31)20(28)11-16)6-9-22(32)23-17(14(2)3)12-18-24(19(23)13-30)26(34)29(25(18)33)27(35)36-4/h7-8,10-11,14,18-19,22,24,30-32H,5-6,9,12-13H2,1-4H3/b15-10+/t18-,19+,22-,24-/m1/s1. The molecule has 36 heavy (non-hydrogen) atoms. The number of hydrogen-bond donors (Lipinski definition) is 3. The lowest BCUT2D eigenvalue weighted by molar-refractivity contribution is -0.137. The normalized spacial score (nSPS) is 23.4. The molecule has 3 rings (SSSR count). The Morgan fingerprint density at radius 3 is 2.53 bits per heavy atom. The number of phenolic OH excluding ortho intramolecular Hbond substituents is 1. The third-order valence-corrected chi connectivity index (χ3v) is 7.27. The number of carbonyl (C=O) groups is 3. The number of methoxy groups -OCH3 is 1. The SMILES string of the molecule is CC/C(=C\c1ccc(O)c(F)c1)CC[C@@H](O)C1=C(C(C)C)C[C@H]2C(=O)N(C(=O)OC)C(=O)[C@H]2[C@H]1CO. The first-order chi connectivity index (χ1) is 17.0. The van der Waals surface area contributed by atoms with Gasteiger partial charge >= 0.3 is 6.09 Å². The van der Waals surface area contributed by atoms with E-state index in [2.05, 4.69) is 4.74 Å². The number of halogens is 1. The summed E-state index contributed by atoms with van der Waals surface area (Å²) in [5.41, 5.74) is 2.89. The largest absolute Gasteiger partial charge is 0.505 e. The van der Waals surface area contributed by atoms with Crippen LogP contribution in [0.4, 0.5) is 9.18 Å². The first-order valence-corrected chi connectivity index (χ1v) is 12.2. The number of nitrogens with zero attached hydrogens (tertiary/aromatic N) is 1. The maximum absolute atomic E-state index is 13.7. The fourth-order valence-corrected chi connectivity index (χ4v) is 5.39. The first kappa shape index (κ1) is 27.5. The number of phenols is 1. The minimum atomic E-state index is -1.05. The van der Waals surface area contributed by atoms with Crippen molar-refractivity contribution in [2.24, 2.45) is 23.7 Å². The van der Waals surface area contributed by atoms with Gasteiger partial charge in [-0.3, -0.25) is 9.59 Å². The number of aliphatic hydroxyl groups excluding tert-OH is 2.